The van der Waals surface area contributed by atoms with Crippen LogP contribution in [0.2, 0.25) is 0 Å². The van der Waals surface area contributed by atoms with Crippen LogP contribution in [-0.2, 0) is 6.42 Å². The molecule has 0 unspecified atom stereocenters. The molecular formula is C25H30N2O3. The summed E-state index contributed by atoms with van der Waals surface area (Å²) in [5, 5.41) is 15.6. The lowest BCUT2D eigenvalue weighted by atomic mass is 10.1. The van der Waals surface area contributed by atoms with Crippen molar-refractivity contribution in [3.63, 3.8) is 0 Å². The smallest absolute Gasteiger partial charge is 0.317 e. The minimum atomic E-state index is -0.786. The zero-order chi connectivity index (χ0) is 21.3. The van der Waals surface area contributed by atoms with Crippen LogP contribution < -0.4 is 10.1 Å². The minimum Gasteiger partial charge on any atom is -0.490 e. The minimum absolute atomic E-state index is 0.0334. The molecule has 0 bridgehead atoms. The fourth-order valence-corrected chi connectivity index (χ4v) is 3.38. The van der Waals surface area contributed by atoms with Gasteiger partial charge in [0.05, 0.1) is 6.54 Å². The van der Waals surface area contributed by atoms with Gasteiger partial charge in [0.2, 0.25) is 0 Å². The number of carbonyl (C=O) groups excluding carboxylic acids is 1. The summed E-state index contributed by atoms with van der Waals surface area (Å²) >= 11 is 0. The van der Waals surface area contributed by atoms with Gasteiger partial charge < -0.3 is 20.1 Å². The molecule has 5 nitrogen and oxygen atoms in total. The molecule has 0 saturated carbocycles. The first-order valence-electron chi connectivity index (χ1n) is 10.4. The summed E-state index contributed by atoms with van der Waals surface area (Å²) < 4.78 is 5.87. The summed E-state index contributed by atoms with van der Waals surface area (Å²) in [6, 6.07) is 23.7. The first-order chi connectivity index (χ1) is 14.5. The number of aliphatic hydroxyl groups is 1. The van der Waals surface area contributed by atoms with Crippen LogP contribution in [0.4, 0.5) is 4.79 Å². The Morgan fingerprint density at radius 1 is 1.00 bits per heavy atom. The summed E-state index contributed by atoms with van der Waals surface area (Å²) in [5.41, 5.74) is 1.18. The Balaban J connectivity index is 1.51. The molecule has 0 aliphatic heterocycles. The number of hydrogen-bond acceptors (Lipinski definition) is 3. The van der Waals surface area contributed by atoms with Gasteiger partial charge in [-0.05, 0) is 37.3 Å². The van der Waals surface area contributed by atoms with Crippen molar-refractivity contribution in [1.29, 1.82) is 0 Å². The summed E-state index contributed by atoms with van der Waals surface area (Å²) in [7, 11) is 0. The van der Waals surface area contributed by atoms with Crippen molar-refractivity contribution >= 4 is 16.8 Å². The molecule has 3 aromatic rings. The van der Waals surface area contributed by atoms with Crippen molar-refractivity contribution in [3.8, 4) is 5.75 Å². The predicted molar refractivity (Wildman–Crippen MR) is 121 cm³/mol. The molecule has 0 radical (unpaired) electrons. The Kier molecular flexibility index (Phi) is 7.69. The Morgan fingerprint density at radius 3 is 2.47 bits per heavy atom. The van der Waals surface area contributed by atoms with Gasteiger partial charge in [-0.25, -0.2) is 4.79 Å². The topological polar surface area (TPSA) is 61.8 Å². The SMILES string of the molecule is CC(C)N(C[C@@H](O)COc1cccc2ccccc12)C(=O)NCCc1ccccc1. The standard InChI is InChI=1S/C25H30N2O3/c1-19(2)27(25(29)26-16-15-20-9-4-3-5-10-20)17-22(28)18-30-24-14-8-12-21-11-6-7-13-23(21)24/h3-14,19,22,28H,15-18H2,1-2H3,(H,26,29)/t22-/m1/s1. The number of fused-ring (bicyclic) bond motifs is 1. The molecule has 30 heavy (non-hydrogen) atoms. The van der Waals surface area contributed by atoms with Crippen LogP contribution in [-0.4, -0.2) is 47.9 Å². The molecule has 0 heterocycles. The Labute approximate surface area is 178 Å². The molecule has 5 heteroatoms. The van der Waals surface area contributed by atoms with Crippen LogP contribution in [0.5, 0.6) is 5.75 Å². The van der Waals surface area contributed by atoms with Gasteiger partial charge in [0.1, 0.15) is 18.5 Å². The molecule has 3 aromatic carbocycles. The van der Waals surface area contributed by atoms with Crippen molar-refractivity contribution < 1.29 is 14.6 Å². The lowest BCUT2D eigenvalue weighted by Crippen LogP contribution is -2.48. The molecule has 2 amide bonds. The highest BCUT2D eigenvalue weighted by Crippen LogP contribution is 2.25. The van der Waals surface area contributed by atoms with Crippen LogP contribution in [0.25, 0.3) is 10.8 Å². The molecule has 3 rings (SSSR count). The summed E-state index contributed by atoms with van der Waals surface area (Å²) in [4.78, 5) is 14.3. The van der Waals surface area contributed by atoms with Crippen molar-refractivity contribution in [1.82, 2.24) is 10.2 Å². The van der Waals surface area contributed by atoms with E-state index < -0.39 is 6.10 Å². The normalized spacial score (nSPS) is 12.0. The fraction of sp³-hybridized carbons (Fsp3) is 0.320. The van der Waals surface area contributed by atoms with E-state index in [9.17, 15) is 9.90 Å². The van der Waals surface area contributed by atoms with Crippen LogP contribution in [0.1, 0.15) is 19.4 Å². The fourth-order valence-electron chi connectivity index (χ4n) is 3.38. The maximum absolute atomic E-state index is 12.6. The molecular weight excluding hydrogens is 376 g/mol. The maximum atomic E-state index is 12.6. The lowest BCUT2D eigenvalue weighted by molar-refractivity contribution is 0.0695. The first kappa shape index (κ1) is 21.7. The summed E-state index contributed by atoms with van der Waals surface area (Å²) in [6.45, 7) is 4.76. The molecule has 158 valence electrons. The molecule has 2 N–H and O–H groups in total. The van der Waals surface area contributed by atoms with Crippen LogP contribution in [0, 0.1) is 0 Å². The molecule has 0 aromatic heterocycles. The van der Waals surface area contributed by atoms with Gasteiger partial charge in [0.15, 0.2) is 0 Å². The van der Waals surface area contributed by atoms with E-state index in [1.807, 2.05) is 86.6 Å². The number of ether oxygens (including phenoxy) is 1. The van der Waals surface area contributed by atoms with Gasteiger partial charge in [-0.2, -0.15) is 0 Å². The monoisotopic (exact) mass is 406 g/mol. The van der Waals surface area contributed by atoms with Crippen molar-refractivity contribution in [3.05, 3.63) is 78.4 Å². The third kappa shape index (κ3) is 5.97. The Bertz CT molecular complexity index is 938. The van der Waals surface area contributed by atoms with E-state index in [-0.39, 0.29) is 25.2 Å². The van der Waals surface area contributed by atoms with E-state index in [2.05, 4.69) is 5.32 Å². The zero-order valence-electron chi connectivity index (χ0n) is 17.6. The Morgan fingerprint density at radius 2 is 1.70 bits per heavy atom. The van der Waals surface area contributed by atoms with Gasteiger partial charge in [0.25, 0.3) is 0 Å². The molecule has 0 spiro atoms. The van der Waals surface area contributed by atoms with Gasteiger partial charge in [-0.3, -0.25) is 0 Å². The summed E-state index contributed by atoms with van der Waals surface area (Å²) in [6.07, 6.45) is -0.0168. The van der Waals surface area contributed by atoms with E-state index in [1.165, 1.54) is 5.56 Å². The highest BCUT2D eigenvalue weighted by Gasteiger charge is 2.20. The highest BCUT2D eigenvalue weighted by molar-refractivity contribution is 5.88. The second-order valence-electron chi connectivity index (χ2n) is 7.66. The number of hydrogen-bond donors (Lipinski definition) is 2. The molecule has 0 aliphatic carbocycles. The van der Waals surface area contributed by atoms with E-state index in [1.54, 1.807) is 4.90 Å². The number of nitrogens with zero attached hydrogens (tertiary/aromatic N) is 1. The zero-order valence-corrected chi connectivity index (χ0v) is 17.6. The second kappa shape index (κ2) is 10.6. The van der Waals surface area contributed by atoms with Gasteiger partial charge in [-0.1, -0.05) is 66.7 Å². The highest BCUT2D eigenvalue weighted by atomic mass is 16.5. The second-order valence-corrected chi connectivity index (χ2v) is 7.66. The van der Waals surface area contributed by atoms with Crippen molar-refractivity contribution in [2.45, 2.75) is 32.4 Å². The van der Waals surface area contributed by atoms with E-state index in [0.29, 0.717) is 6.54 Å². The molecule has 1 atom stereocenters. The third-order valence-corrected chi connectivity index (χ3v) is 5.01. The predicted octanol–water partition coefficient (Wildman–Crippen LogP) is 4.24. The number of amides is 2. The molecule has 0 saturated heterocycles. The van der Waals surface area contributed by atoms with E-state index in [0.717, 1.165) is 22.9 Å². The van der Waals surface area contributed by atoms with Gasteiger partial charge >= 0.3 is 6.03 Å². The Hall–Kier alpha value is -3.05. The summed E-state index contributed by atoms with van der Waals surface area (Å²) in [5.74, 6) is 0.732. The average molecular weight is 407 g/mol. The van der Waals surface area contributed by atoms with Gasteiger partial charge in [-0.15, -0.1) is 0 Å². The van der Waals surface area contributed by atoms with Crippen LogP contribution in [0.15, 0.2) is 72.8 Å². The largest absolute Gasteiger partial charge is 0.490 e. The number of aliphatic hydroxyl groups excluding tert-OH is 1. The quantitative estimate of drug-likeness (QED) is 0.559. The van der Waals surface area contributed by atoms with Crippen LogP contribution >= 0.6 is 0 Å². The lowest BCUT2D eigenvalue weighted by Gasteiger charge is -2.29. The number of urea groups is 1. The first-order valence-corrected chi connectivity index (χ1v) is 10.4. The molecule has 0 aliphatic rings. The number of carbonyl (C=O) groups is 1. The van der Waals surface area contributed by atoms with Crippen LogP contribution in [0.3, 0.4) is 0 Å². The molecule has 0 fully saturated rings. The number of rotatable bonds is 9. The van der Waals surface area contributed by atoms with E-state index >= 15 is 0 Å². The third-order valence-electron chi connectivity index (χ3n) is 5.01. The van der Waals surface area contributed by atoms with Gasteiger partial charge in [0, 0.05) is 18.0 Å². The van der Waals surface area contributed by atoms with Crippen molar-refractivity contribution in [2.24, 2.45) is 0 Å². The maximum Gasteiger partial charge on any atom is 0.317 e. The average Bonchev–Trinajstić information content (AvgIpc) is 2.76. The van der Waals surface area contributed by atoms with Crippen molar-refractivity contribution in [2.75, 3.05) is 19.7 Å². The van der Waals surface area contributed by atoms with E-state index in [4.69, 9.17) is 4.74 Å². The number of nitrogens with one attached hydrogen (secondary N) is 1. The number of benzene rings is 3.